The van der Waals surface area contributed by atoms with Crippen LogP contribution in [-0.2, 0) is 33.9 Å². The molecule has 4 aromatic rings. The number of fused-ring (bicyclic) bond motifs is 3. The number of pyridine rings is 1. The van der Waals surface area contributed by atoms with Crippen LogP contribution in [0, 0.1) is 0 Å². The van der Waals surface area contributed by atoms with Gasteiger partial charge in [0.1, 0.15) is 23.2 Å². The number of aromatic amines is 1. The lowest BCUT2D eigenvalue weighted by atomic mass is 10.0. The molecule has 1 aliphatic heterocycles. The van der Waals surface area contributed by atoms with E-state index in [4.69, 9.17) is 28.9 Å². The van der Waals surface area contributed by atoms with Crippen molar-refractivity contribution in [2.45, 2.75) is 66.8 Å². The number of aliphatic hydroxyl groups excluding tert-OH is 1. The van der Waals surface area contributed by atoms with Gasteiger partial charge in [-0.3, -0.25) is 19.7 Å². The quantitative estimate of drug-likeness (QED) is 0.158. The number of rotatable bonds is 7. The number of carbonyl (C=O) groups excluding carboxylic acids is 3. The summed E-state index contributed by atoms with van der Waals surface area (Å²) < 4.78 is 0. The first-order valence-corrected chi connectivity index (χ1v) is 17.3. The van der Waals surface area contributed by atoms with E-state index in [-0.39, 0.29) is 19.5 Å². The van der Waals surface area contributed by atoms with E-state index in [1.807, 2.05) is 36.5 Å². The van der Waals surface area contributed by atoms with Crippen LogP contribution in [0.15, 0.2) is 70.8 Å². The molecule has 3 heterocycles. The lowest BCUT2D eigenvalue weighted by molar-refractivity contribution is -0.142. The molecule has 2 aromatic carbocycles. The van der Waals surface area contributed by atoms with E-state index >= 15 is 0 Å². The predicted octanol–water partition coefficient (Wildman–Crippen LogP) is 3.78. The molecule has 14 heteroatoms. The van der Waals surface area contributed by atoms with E-state index in [1.165, 1.54) is 16.7 Å². The molecular weight excluding hydrogens is 673 g/mol. The summed E-state index contributed by atoms with van der Waals surface area (Å²) in [5.74, 6) is -1.37. The molecular formula is C34H39Cl2N7O4S. The second kappa shape index (κ2) is 16.6. The molecule has 11 nitrogen and oxygen atoms in total. The van der Waals surface area contributed by atoms with Crippen LogP contribution >= 0.6 is 35.0 Å². The first kappa shape index (κ1) is 35.7. The largest absolute Gasteiger partial charge is 0.394 e. The summed E-state index contributed by atoms with van der Waals surface area (Å²) in [6, 6.07) is 11.8. The molecule has 0 fully saturated rings. The van der Waals surface area contributed by atoms with Gasteiger partial charge in [0, 0.05) is 59.8 Å². The number of benzene rings is 2. The Hall–Kier alpha value is -3.65. The predicted molar refractivity (Wildman–Crippen MR) is 188 cm³/mol. The smallest absolute Gasteiger partial charge is 0.245 e. The van der Waals surface area contributed by atoms with Crippen LogP contribution in [0.4, 0.5) is 0 Å². The van der Waals surface area contributed by atoms with Crippen molar-refractivity contribution in [3.8, 4) is 0 Å². The highest BCUT2D eigenvalue weighted by molar-refractivity contribution is 7.99. The standard InChI is InChI=1S/C34H39Cl2N7O4S/c1-43-29(14-21-17-39-26-9-3-2-8-24(21)26)32(46)41-18-22-13-23(35)15-25(36)30(22)48-33-20(7-6-12-38-33)16-40-28(19-44)31(45)42-27(34(43)47)10-4-5-11-37/h2-3,6-9,12-13,15,17,27-29,39-40,44H,4-5,10-11,14,16,18-19,37H2,1H3,(H,41,46)(H,42,45)/t27-,28-,29-/m0/s1. The van der Waals surface area contributed by atoms with Crippen molar-refractivity contribution in [3.05, 3.63) is 87.7 Å². The fraction of sp³-hybridized carbons (Fsp3) is 0.353. The second-order valence-electron chi connectivity index (χ2n) is 11.7. The van der Waals surface area contributed by atoms with Crippen LogP contribution in [0.2, 0.25) is 10.0 Å². The molecule has 1 aliphatic rings. The van der Waals surface area contributed by atoms with Crippen LogP contribution in [0.3, 0.4) is 0 Å². The van der Waals surface area contributed by atoms with Crippen LogP contribution in [0.25, 0.3) is 10.9 Å². The Bertz CT molecular complexity index is 1770. The van der Waals surface area contributed by atoms with E-state index < -0.39 is 42.5 Å². The van der Waals surface area contributed by atoms with Gasteiger partial charge in [0.2, 0.25) is 17.7 Å². The zero-order valence-electron chi connectivity index (χ0n) is 26.5. The maximum absolute atomic E-state index is 14.2. The van der Waals surface area contributed by atoms with Gasteiger partial charge < -0.3 is 31.4 Å². The summed E-state index contributed by atoms with van der Waals surface area (Å²) in [4.78, 5) is 51.7. The number of unbranched alkanes of at least 4 members (excludes halogenated alkanes) is 1. The molecule has 3 atom stereocenters. The molecule has 0 radical (unpaired) electrons. The van der Waals surface area contributed by atoms with Gasteiger partial charge in [-0.15, -0.1) is 0 Å². The Kier molecular flexibility index (Phi) is 12.4. The summed E-state index contributed by atoms with van der Waals surface area (Å²) >= 11 is 14.4. The maximum Gasteiger partial charge on any atom is 0.245 e. The lowest BCUT2D eigenvalue weighted by Gasteiger charge is -2.31. The number of aliphatic hydroxyl groups is 1. The summed E-state index contributed by atoms with van der Waals surface area (Å²) in [5.41, 5.74) is 8.93. The molecule has 7 N–H and O–H groups in total. The van der Waals surface area contributed by atoms with Gasteiger partial charge in [-0.05, 0) is 66.8 Å². The number of halogens is 2. The molecule has 0 bridgehead atoms. The van der Waals surface area contributed by atoms with Crippen molar-refractivity contribution in [2.24, 2.45) is 5.73 Å². The lowest BCUT2D eigenvalue weighted by Crippen LogP contribution is -2.57. The molecule has 5 rings (SSSR count). The van der Waals surface area contributed by atoms with Crippen molar-refractivity contribution in [1.29, 1.82) is 0 Å². The number of likely N-dealkylation sites (N-methyl/N-ethyl adjacent to an activating group) is 1. The molecule has 3 amide bonds. The highest BCUT2D eigenvalue weighted by atomic mass is 35.5. The Morgan fingerprint density at radius 3 is 2.62 bits per heavy atom. The topological polar surface area (TPSA) is 165 Å². The summed E-state index contributed by atoms with van der Waals surface area (Å²) in [7, 11) is 1.57. The Morgan fingerprint density at radius 2 is 1.83 bits per heavy atom. The third kappa shape index (κ3) is 8.49. The van der Waals surface area contributed by atoms with Crippen molar-refractivity contribution < 1.29 is 19.5 Å². The molecule has 254 valence electrons. The van der Waals surface area contributed by atoms with Gasteiger partial charge in [0.05, 0.1) is 11.6 Å². The SMILES string of the molecule is CN1C(=O)[C@H](CCCCN)NC(=O)[C@H](CO)NCc2cccnc2Sc2c(Cl)cc(Cl)cc2CNC(=O)[C@@H]1Cc1c[nH]c2ccccc12. The number of hydrogen-bond donors (Lipinski definition) is 6. The van der Waals surface area contributed by atoms with E-state index in [1.54, 1.807) is 31.4 Å². The van der Waals surface area contributed by atoms with Gasteiger partial charge in [-0.2, -0.15) is 0 Å². The molecule has 0 saturated carbocycles. The zero-order valence-corrected chi connectivity index (χ0v) is 28.8. The molecule has 0 saturated heterocycles. The Morgan fingerprint density at radius 1 is 1.02 bits per heavy atom. The summed E-state index contributed by atoms with van der Waals surface area (Å²) in [5, 5.41) is 21.5. The van der Waals surface area contributed by atoms with Gasteiger partial charge in [-0.1, -0.05) is 59.2 Å². The third-order valence-corrected chi connectivity index (χ3v) is 10.3. The fourth-order valence-corrected chi connectivity index (χ4v) is 7.36. The number of aromatic nitrogens is 2. The third-order valence-electron chi connectivity index (χ3n) is 8.39. The average Bonchev–Trinajstić information content (AvgIpc) is 3.49. The number of nitrogens with one attached hydrogen (secondary N) is 4. The van der Waals surface area contributed by atoms with Crippen molar-refractivity contribution in [1.82, 2.24) is 30.8 Å². The first-order valence-electron chi connectivity index (χ1n) is 15.7. The van der Waals surface area contributed by atoms with Crippen molar-refractivity contribution in [3.63, 3.8) is 0 Å². The van der Waals surface area contributed by atoms with E-state index in [0.717, 1.165) is 22.0 Å². The van der Waals surface area contributed by atoms with Crippen LogP contribution in [0.1, 0.15) is 36.0 Å². The van der Waals surface area contributed by atoms with Crippen LogP contribution < -0.4 is 21.7 Å². The van der Waals surface area contributed by atoms with Crippen LogP contribution in [-0.4, -0.2) is 76.0 Å². The second-order valence-corrected chi connectivity index (χ2v) is 13.5. The van der Waals surface area contributed by atoms with Gasteiger partial charge >= 0.3 is 0 Å². The highest BCUT2D eigenvalue weighted by Crippen LogP contribution is 2.38. The zero-order chi connectivity index (χ0) is 34.2. The number of nitrogens with two attached hydrogens (primary N) is 1. The van der Waals surface area contributed by atoms with Crippen LogP contribution in [0.5, 0.6) is 0 Å². The highest BCUT2D eigenvalue weighted by Gasteiger charge is 2.34. The average molecular weight is 713 g/mol. The van der Waals surface area contributed by atoms with Gasteiger partial charge in [0.25, 0.3) is 0 Å². The number of hydrogen-bond acceptors (Lipinski definition) is 8. The number of H-pyrrole nitrogens is 1. The summed E-state index contributed by atoms with van der Waals surface area (Å²) in [6.45, 7) is 0.201. The minimum Gasteiger partial charge on any atom is -0.394 e. The molecule has 0 unspecified atom stereocenters. The van der Waals surface area contributed by atoms with E-state index in [0.29, 0.717) is 51.3 Å². The monoisotopic (exact) mass is 711 g/mol. The fourth-order valence-electron chi connectivity index (χ4n) is 5.72. The molecule has 0 spiro atoms. The summed E-state index contributed by atoms with van der Waals surface area (Å²) in [6.07, 6.45) is 5.23. The molecule has 48 heavy (non-hydrogen) atoms. The molecule has 0 aliphatic carbocycles. The van der Waals surface area contributed by atoms with E-state index in [2.05, 4.69) is 25.9 Å². The first-order chi connectivity index (χ1) is 23.2. The number of carbonyl (C=O) groups is 3. The minimum absolute atomic E-state index is 0.0809. The number of nitrogens with zero attached hydrogens (tertiary/aromatic N) is 2. The van der Waals surface area contributed by atoms with Crippen molar-refractivity contribution in [2.75, 3.05) is 20.2 Å². The van der Waals surface area contributed by atoms with Crippen molar-refractivity contribution >= 4 is 63.6 Å². The maximum atomic E-state index is 14.2. The van der Waals surface area contributed by atoms with E-state index in [9.17, 15) is 19.5 Å². The van der Waals surface area contributed by atoms with Gasteiger partial charge in [0.15, 0.2) is 0 Å². The molecule has 2 aromatic heterocycles. The normalized spacial score (nSPS) is 19.7. The van der Waals surface area contributed by atoms with Gasteiger partial charge in [-0.25, -0.2) is 4.98 Å². The Balaban J connectivity index is 1.56. The number of amides is 3. The minimum atomic E-state index is -1.02. The Labute approximate surface area is 293 Å². The number of para-hydroxylation sites is 1.